The molecule has 0 nitrogen and oxygen atoms in total. The second kappa shape index (κ2) is 11.7. The molecular weight excluding hydrogens is 288 g/mol. The van der Waals surface area contributed by atoms with E-state index in [4.69, 9.17) is 0 Å². The zero-order chi connectivity index (χ0) is 17.9. The topological polar surface area (TPSA) is 0 Å². The Morgan fingerprint density at radius 3 is 1.50 bits per heavy atom. The molecule has 1 aromatic carbocycles. The summed E-state index contributed by atoms with van der Waals surface area (Å²) in [6, 6.07) is 9.29. The summed E-state index contributed by atoms with van der Waals surface area (Å²) in [7, 11) is 0. The van der Waals surface area contributed by atoms with E-state index in [9.17, 15) is 0 Å². The van der Waals surface area contributed by atoms with Crippen LogP contribution in [0.15, 0.2) is 24.3 Å². The molecule has 0 unspecified atom stereocenters. The maximum Gasteiger partial charge on any atom is -0.0162 e. The first-order valence-corrected chi connectivity index (χ1v) is 10.8. The monoisotopic (exact) mass is 330 g/mol. The molecule has 0 radical (unpaired) electrons. The summed E-state index contributed by atoms with van der Waals surface area (Å²) in [5.74, 6) is 3.94. The first-order valence-electron chi connectivity index (χ1n) is 10.8. The molecule has 2 aliphatic rings. The van der Waals surface area contributed by atoms with Crippen LogP contribution in [-0.4, -0.2) is 0 Å². The molecule has 2 saturated carbocycles. The van der Waals surface area contributed by atoms with Crippen molar-refractivity contribution in [1.29, 1.82) is 0 Å². The number of rotatable bonds is 2. The van der Waals surface area contributed by atoms with Gasteiger partial charge in [-0.3, -0.25) is 0 Å². The minimum atomic E-state index is 0.842. The Morgan fingerprint density at radius 2 is 1.04 bits per heavy atom. The second-order valence-electron chi connectivity index (χ2n) is 7.54. The summed E-state index contributed by atoms with van der Waals surface area (Å²) in [6.07, 6.45) is 11.8. The highest BCUT2D eigenvalue weighted by molar-refractivity contribution is 5.24. The molecule has 2 aliphatic carbocycles. The minimum Gasteiger partial charge on any atom is -0.0683 e. The third-order valence-corrected chi connectivity index (χ3v) is 6.05. The van der Waals surface area contributed by atoms with Gasteiger partial charge in [-0.15, -0.1) is 0 Å². The van der Waals surface area contributed by atoms with E-state index in [0.29, 0.717) is 0 Å². The van der Waals surface area contributed by atoms with Crippen LogP contribution in [0.4, 0.5) is 0 Å². The zero-order valence-electron chi connectivity index (χ0n) is 17.3. The second-order valence-corrected chi connectivity index (χ2v) is 7.54. The van der Waals surface area contributed by atoms with Crippen LogP contribution in [0.5, 0.6) is 0 Å². The Hall–Kier alpha value is -0.780. The third kappa shape index (κ3) is 6.26. The summed E-state index contributed by atoms with van der Waals surface area (Å²) in [4.78, 5) is 0. The van der Waals surface area contributed by atoms with Crippen molar-refractivity contribution in [1.82, 2.24) is 0 Å². The third-order valence-electron chi connectivity index (χ3n) is 6.05. The van der Waals surface area contributed by atoms with Crippen molar-refractivity contribution in [3.05, 3.63) is 35.4 Å². The maximum absolute atomic E-state index is 2.44. The Bertz CT molecular complexity index is 400. The molecule has 0 heterocycles. The van der Waals surface area contributed by atoms with Crippen LogP contribution >= 0.6 is 0 Å². The number of hydrogen-bond acceptors (Lipinski definition) is 0. The van der Waals surface area contributed by atoms with E-state index >= 15 is 0 Å². The highest BCUT2D eigenvalue weighted by atomic mass is 14.4. The molecule has 24 heavy (non-hydrogen) atoms. The first-order chi connectivity index (χ1) is 11.7. The minimum absolute atomic E-state index is 0.842. The molecule has 138 valence electrons. The molecule has 0 bridgehead atoms. The Balaban J connectivity index is 0.000000671. The standard InChI is InChI=1S/C20H30.2C2H6/c1-15-3-7-17(8-4-15)19-11-13-20(14-12-19)18-9-5-16(2)6-10-18;2*1-2/h3-4,7-8,16,18-20H,5-6,9-14H2,1-2H3;2*1-2H3. The van der Waals surface area contributed by atoms with Crippen molar-refractivity contribution in [2.75, 3.05) is 0 Å². The van der Waals surface area contributed by atoms with Gasteiger partial charge in [0.05, 0.1) is 0 Å². The van der Waals surface area contributed by atoms with Gasteiger partial charge in [0.15, 0.2) is 0 Å². The fourth-order valence-corrected chi connectivity index (χ4v) is 4.52. The average Bonchev–Trinajstić information content (AvgIpc) is 2.66. The summed E-state index contributed by atoms with van der Waals surface area (Å²) in [5, 5.41) is 0. The van der Waals surface area contributed by atoms with Gasteiger partial charge in [0.1, 0.15) is 0 Å². The van der Waals surface area contributed by atoms with Crippen molar-refractivity contribution < 1.29 is 0 Å². The fourth-order valence-electron chi connectivity index (χ4n) is 4.52. The smallest absolute Gasteiger partial charge is 0.0162 e. The lowest BCUT2D eigenvalue weighted by molar-refractivity contribution is 0.165. The lowest BCUT2D eigenvalue weighted by atomic mass is 9.68. The highest BCUT2D eigenvalue weighted by Crippen LogP contribution is 2.43. The Morgan fingerprint density at radius 1 is 0.625 bits per heavy atom. The molecule has 0 atom stereocenters. The van der Waals surface area contributed by atoms with Crippen molar-refractivity contribution >= 4 is 0 Å². The predicted octanol–water partition coefficient (Wildman–Crippen LogP) is 8.15. The number of aryl methyl sites for hydroxylation is 1. The molecule has 0 saturated heterocycles. The number of benzene rings is 1. The molecule has 0 amide bonds. The van der Waals surface area contributed by atoms with Crippen LogP contribution in [0, 0.1) is 24.7 Å². The Labute approximate surface area is 152 Å². The van der Waals surface area contributed by atoms with Crippen LogP contribution in [0.25, 0.3) is 0 Å². The predicted molar refractivity (Wildman–Crippen MR) is 110 cm³/mol. The van der Waals surface area contributed by atoms with Crippen LogP contribution in [-0.2, 0) is 0 Å². The molecule has 0 aliphatic heterocycles. The van der Waals surface area contributed by atoms with Gasteiger partial charge in [-0.05, 0) is 74.7 Å². The molecule has 3 rings (SSSR count). The highest BCUT2D eigenvalue weighted by Gasteiger charge is 2.30. The fraction of sp³-hybridized carbons (Fsp3) is 0.750. The van der Waals surface area contributed by atoms with Crippen LogP contribution in [0.1, 0.15) is 103 Å². The van der Waals surface area contributed by atoms with Crippen molar-refractivity contribution in [2.24, 2.45) is 17.8 Å². The number of hydrogen-bond donors (Lipinski definition) is 0. The SMILES string of the molecule is CC.CC.Cc1ccc(C2CCC(C3CCC(C)CC3)CC2)cc1. The summed E-state index contributed by atoms with van der Waals surface area (Å²) in [6.45, 7) is 12.6. The summed E-state index contributed by atoms with van der Waals surface area (Å²) >= 11 is 0. The normalized spacial score (nSPS) is 29.6. The summed E-state index contributed by atoms with van der Waals surface area (Å²) < 4.78 is 0. The lowest BCUT2D eigenvalue weighted by Gasteiger charge is -2.37. The summed E-state index contributed by atoms with van der Waals surface area (Å²) in [5.41, 5.74) is 2.98. The van der Waals surface area contributed by atoms with Crippen LogP contribution < -0.4 is 0 Å². The van der Waals surface area contributed by atoms with E-state index in [1.807, 2.05) is 27.7 Å². The van der Waals surface area contributed by atoms with Gasteiger partial charge >= 0.3 is 0 Å². The van der Waals surface area contributed by atoms with Gasteiger partial charge in [0.2, 0.25) is 0 Å². The van der Waals surface area contributed by atoms with Crippen molar-refractivity contribution in [3.8, 4) is 0 Å². The Kier molecular flexibility index (Phi) is 10.4. The maximum atomic E-state index is 2.44. The van der Waals surface area contributed by atoms with Gasteiger partial charge in [-0.2, -0.15) is 0 Å². The van der Waals surface area contributed by atoms with E-state index in [-0.39, 0.29) is 0 Å². The van der Waals surface area contributed by atoms with E-state index < -0.39 is 0 Å². The van der Waals surface area contributed by atoms with E-state index in [1.165, 1.54) is 56.9 Å². The zero-order valence-corrected chi connectivity index (χ0v) is 17.3. The molecule has 2 fully saturated rings. The molecule has 0 N–H and O–H groups in total. The first kappa shape index (κ1) is 21.3. The largest absolute Gasteiger partial charge is 0.0683 e. The van der Waals surface area contributed by atoms with Crippen LogP contribution in [0.3, 0.4) is 0 Å². The molecule has 0 heteroatoms. The van der Waals surface area contributed by atoms with Gasteiger partial charge in [0.25, 0.3) is 0 Å². The van der Waals surface area contributed by atoms with Crippen molar-refractivity contribution in [2.45, 2.75) is 98.8 Å². The van der Waals surface area contributed by atoms with Crippen LogP contribution in [0.2, 0.25) is 0 Å². The lowest BCUT2D eigenvalue weighted by Crippen LogP contribution is -2.24. The van der Waals surface area contributed by atoms with Gasteiger partial charge < -0.3 is 0 Å². The quantitative estimate of drug-likeness (QED) is 0.513. The molecule has 0 spiro atoms. The molecule has 0 aromatic heterocycles. The van der Waals surface area contributed by atoms with E-state index in [0.717, 1.165) is 23.7 Å². The molecule has 1 aromatic rings. The van der Waals surface area contributed by atoms with Gasteiger partial charge in [0, 0.05) is 0 Å². The molecular formula is C24H42. The van der Waals surface area contributed by atoms with Crippen molar-refractivity contribution in [3.63, 3.8) is 0 Å². The van der Waals surface area contributed by atoms with Gasteiger partial charge in [-0.1, -0.05) is 77.3 Å². The van der Waals surface area contributed by atoms with Gasteiger partial charge in [-0.25, -0.2) is 0 Å². The average molecular weight is 331 g/mol. The van der Waals surface area contributed by atoms with E-state index in [2.05, 4.69) is 38.1 Å². The van der Waals surface area contributed by atoms with E-state index in [1.54, 1.807) is 5.56 Å².